The monoisotopic (exact) mass is 350 g/mol. The third-order valence-electron chi connectivity index (χ3n) is 6.41. The zero-order chi connectivity index (χ0) is 20.7. The van der Waals surface area contributed by atoms with Crippen LogP contribution in [0.25, 0.3) is 10.8 Å². The Morgan fingerprint density at radius 1 is 1.04 bits per heavy atom. The molecule has 1 aromatic heterocycles. The SMILES string of the molecule is [B]B([B])B([B])B(B([B])[B])B1C(c2cc3cc(CC(C)C)ccc3c[n+]2C)[C@@H]1C. The summed E-state index contributed by atoms with van der Waals surface area (Å²) in [5.41, 5.74) is 2.66. The Labute approximate surface area is 179 Å². The van der Waals surface area contributed by atoms with Gasteiger partial charge in [-0.3, -0.25) is 0 Å². The Morgan fingerprint density at radius 2 is 1.71 bits per heavy atom. The van der Waals surface area contributed by atoms with E-state index >= 15 is 0 Å². The van der Waals surface area contributed by atoms with Crippen LogP contribution in [0.5, 0.6) is 0 Å². The van der Waals surface area contributed by atoms with Crippen molar-refractivity contribution in [3.63, 3.8) is 0 Å². The van der Waals surface area contributed by atoms with E-state index in [-0.39, 0.29) is 13.0 Å². The molecule has 0 N–H and O–H groups in total. The fraction of sp³-hybridized carbons (Fsp3) is 0.471. The standard InChI is InChI=1S/C17H22B10N/c1-11(2)7-13-5-6-14-10-28(4)16(9-15(14)8-13)17-12(3)23(17)27(25(20)21)26(22)24(18)19/h5-6,8-12,17H,7H2,1-4H3/q+1/t12-,17?/m0/s1. The number of benzene rings is 1. The number of pyridine rings is 1. The highest BCUT2D eigenvalue weighted by Gasteiger charge is 2.59. The second-order valence-corrected chi connectivity index (χ2v) is 9.14. The highest BCUT2D eigenvalue weighted by atomic mass is 14.9. The van der Waals surface area contributed by atoms with Crippen LogP contribution in [0, 0.1) is 5.92 Å². The zero-order valence-electron chi connectivity index (χ0n) is 17.5. The third-order valence-corrected chi connectivity index (χ3v) is 6.41. The highest BCUT2D eigenvalue weighted by Crippen LogP contribution is 2.51. The third kappa shape index (κ3) is 4.39. The molecule has 2 aromatic rings. The summed E-state index contributed by atoms with van der Waals surface area (Å²) in [5.74, 6) is 1.43. The second kappa shape index (κ2) is 8.57. The second-order valence-electron chi connectivity index (χ2n) is 9.14. The number of aromatic nitrogens is 1. The summed E-state index contributed by atoms with van der Waals surface area (Å²) in [6.07, 6.45) is 1.60. The predicted octanol–water partition coefficient (Wildman–Crippen LogP) is 0.00290. The molecule has 10 radical (unpaired) electrons. The maximum absolute atomic E-state index is 6.28. The molecule has 1 saturated heterocycles. The van der Waals surface area contributed by atoms with E-state index in [1.165, 1.54) is 22.0 Å². The van der Waals surface area contributed by atoms with Crippen molar-refractivity contribution in [2.45, 2.75) is 38.8 Å². The van der Waals surface area contributed by atoms with Gasteiger partial charge >= 0.3 is 0 Å². The molecule has 1 nitrogen and oxygen atoms in total. The molecule has 1 fully saturated rings. The summed E-state index contributed by atoms with van der Waals surface area (Å²) < 4.78 is 2.22. The van der Waals surface area contributed by atoms with Crippen LogP contribution in [-0.4, -0.2) is 70.8 Å². The average molecular weight is 348 g/mol. The molecule has 0 saturated carbocycles. The van der Waals surface area contributed by atoms with Gasteiger partial charge in [0.15, 0.2) is 11.9 Å². The largest absolute Gasteiger partial charge is 0.205 e. The average Bonchev–Trinajstić information content (AvgIpc) is 3.23. The van der Waals surface area contributed by atoms with Gasteiger partial charge in [-0.15, -0.1) is 0 Å². The van der Waals surface area contributed by atoms with Crippen LogP contribution < -0.4 is 4.57 Å². The molecule has 1 unspecified atom stereocenters. The molecule has 1 aliphatic rings. The Morgan fingerprint density at radius 3 is 2.29 bits per heavy atom. The van der Waals surface area contributed by atoms with Crippen LogP contribution in [-0.2, 0) is 13.5 Å². The molecule has 0 amide bonds. The highest BCUT2D eigenvalue weighted by molar-refractivity contribution is 8.01. The summed E-state index contributed by atoms with van der Waals surface area (Å²) in [6.45, 7) is 7.02. The van der Waals surface area contributed by atoms with Crippen LogP contribution in [0.2, 0.25) is 5.82 Å². The summed E-state index contributed by atoms with van der Waals surface area (Å²) in [5, 5.41) is 2.52. The summed E-state index contributed by atoms with van der Waals surface area (Å²) in [6, 6.07) is 9.07. The molecule has 28 heavy (non-hydrogen) atoms. The van der Waals surface area contributed by atoms with Crippen molar-refractivity contribution >= 4 is 81.6 Å². The lowest BCUT2D eigenvalue weighted by molar-refractivity contribution is -0.677. The Hall–Kier alpha value is -0.721. The quantitative estimate of drug-likeness (QED) is 0.490. The molecule has 124 valence electrons. The van der Waals surface area contributed by atoms with E-state index in [0.717, 1.165) is 6.42 Å². The first kappa shape index (κ1) is 22.0. The molecular formula is C17H22B10N+. The lowest BCUT2D eigenvalue weighted by Gasteiger charge is -2.25. The van der Waals surface area contributed by atoms with Crippen molar-refractivity contribution in [2.24, 2.45) is 13.0 Å². The van der Waals surface area contributed by atoms with Crippen molar-refractivity contribution in [1.82, 2.24) is 0 Å². The van der Waals surface area contributed by atoms with Gasteiger partial charge in [-0.25, -0.2) is 4.57 Å². The van der Waals surface area contributed by atoms with Gasteiger partial charge in [0, 0.05) is 81.5 Å². The van der Waals surface area contributed by atoms with Crippen LogP contribution in [0.3, 0.4) is 0 Å². The predicted molar refractivity (Wildman–Crippen MR) is 133 cm³/mol. The first-order valence-corrected chi connectivity index (χ1v) is 10.3. The van der Waals surface area contributed by atoms with Gasteiger partial charge in [0.05, 0.1) is 0 Å². The van der Waals surface area contributed by atoms with E-state index in [1.807, 2.05) is 0 Å². The van der Waals surface area contributed by atoms with Crippen molar-refractivity contribution in [3.05, 3.63) is 41.7 Å². The maximum Gasteiger partial charge on any atom is 0.176 e. The van der Waals surface area contributed by atoms with Gasteiger partial charge in [-0.05, 0) is 29.4 Å². The van der Waals surface area contributed by atoms with E-state index in [0.29, 0.717) is 17.6 Å². The Bertz CT molecular complexity index is 842. The minimum absolute atomic E-state index is 0.108. The summed E-state index contributed by atoms with van der Waals surface area (Å²) >= 11 is 0. The molecule has 0 aliphatic carbocycles. The Balaban J connectivity index is 1.95. The fourth-order valence-corrected chi connectivity index (χ4v) is 4.92. The molecule has 0 bridgehead atoms. The van der Waals surface area contributed by atoms with E-state index in [4.69, 9.17) is 38.7 Å². The molecule has 0 spiro atoms. The number of nitrogens with zero attached hydrogens (tertiary/aromatic N) is 1. The number of hydrogen-bond acceptors (Lipinski definition) is 0. The topological polar surface area (TPSA) is 3.88 Å². The first-order chi connectivity index (χ1) is 13.1. The van der Waals surface area contributed by atoms with Gasteiger partial charge in [0.2, 0.25) is 0 Å². The minimum atomic E-state index is -0.628. The normalized spacial score (nSPS) is 18.4. The van der Waals surface area contributed by atoms with Crippen LogP contribution in [0.4, 0.5) is 0 Å². The van der Waals surface area contributed by atoms with Gasteiger partial charge in [-0.1, -0.05) is 38.7 Å². The number of fused-ring (bicyclic) bond motifs is 1. The van der Waals surface area contributed by atoms with E-state index in [9.17, 15) is 0 Å². The number of hydrogen-bond donors (Lipinski definition) is 0. The molecule has 2 heterocycles. The van der Waals surface area contributed by atoms with Gasteiger partial charge in [0.1, 0.15) is 13.7 Å². The fourth-order valence-electron chi connectivity index (χ4n) is 4.92. The molecule has 1 aromatic carbocycles. The molecular weight excluding hydrogens is 326 g/mol. The zero-order valence-corrected chi connectivity index (χ0v) is 17.5. The van der Waals surface area contributed by atoms with E-state index < -0.39 is 19.2 Å². The number of aryl methyl sites for hydroxylation is 1. The van der Waals surface area contributed by atoms with E-state index in [1.54, 1.807) is 0 Å². The molecule has 1 aliphatic heterocycles. The van der Waals surface area contributed by atoms with Crippen molar-refractivity contribution < 1.29 is 4.57 Å². The molecule has 11 heteroatoms. The minimum Gasteiger partial charge on any atom is -0.205 e. The van der Waals surface area contributed by atoms with Crippen LogP contribution >= 0.6 is 0 Å². The van der Waals surface area contributed by atoms with Gasteiger partial charge < -0.3 is 0 Å². The summed E-state index contributed by atoms with van der Waals surface area (Å²) in [4.78, 5) is 0. The lowest BCUT2D eigenvalue weighted by Crippen LogP contribution is -2.64. The maximum atomic E-state index is 6.28. The molecule has 3 rings (SSSR count). The van der Waals surface area contributed by atoms with Crippen LogP contribution in [0.1, 0.15) is 37.8 Å². The van der Waals surface area contributed by atoms with Crippen molar-refractivity contribution in [3.8, 4) is 0 Å². The van der Waals surface area contributed by atoms with Gasteiger partial charge in [0.25, 0.3) is 0 Å². The van der Waals surface area contributed by atoms with Crippen molar-refractivity contribution in [1.29, 1.82) is 0 Å². The van der Waals surface area contributed by atoms with Crippen molar-refractivity contribution in [2.75, 3.05) is 0 Å². The smallest absolute Gasteiger partial charge is 0.176 e. The Kier molecular flexibility index (Phi) is 6.72. The van der Waals surface area contributed by atoms with E-state index in [2.05, 4.69) is 62.8 Å². The first-order valence-electron chi connectivity index (χ1n) is 10.3. The molecule has 2 atom stereocenters. The number of rotatable bonds is 7. The van der Waals surface area contributed by atoms with Gasteiger partial charge in [-0.2, -0.15) is 0 Å². The lowest BCUT2D eigenvalue weighted by atomic mass is 8.57. The van der Waals surface area contributed by atoms with Crippen LogP contribution in [0.15, 0.2) is 30.5 Å². The summed E-state index contributed by atoms with van der Waals surface area (Å²) in [7, 11) is 32.3.